The van der Waals surface area contributed by atoms with Crippen LogP contribution in [0, 0.1) is 5.82 Å². The van der Waals surface area contributed by atoms with Crippen LogP contribution < -0.4 is 5.32 Å². The topological polar surface area (TPSA) is 59.8 Å². The minimum atomic E-state index is -0.285. The summed E-state index contributed by atoms with van der Waals surface area (Å²) in [5.74, 6) is -0.00168. The molecule has 94 valence electrons. The standard InChI is InChI=1S/C12H13FN4O/c1-2-12(18)14-11-8-17(16-15-11)7-9-4-3-5-10(13)6-9/h3-6,8H,2,7H2,1H3,(H,14,18). The molecule has 0 saturated carbocycles. The molecule has 0 fully saturated rings. The first-order valence-electron chi connectivity index (χ1n) is 5.62. The van der Waals surface area contributed by atoms with E-state index in [1.807, 2.05) is 0 Å². The van der Waals surface area contributed by atoms with Crippen molar-refractivity contribution in [3.05, 3.63) is 41.8 Å². The minimum Gasteiger partial charge on any atom is -0.308 e. The number of anilines is 1. The van der Waals surface area contributed by atoms with Gasteiger partial charge in [0.25, 0.3) is 0 Å². The van der Waals surface area contributed by atoms with Crippen molar-refractivity contribution in [1.82, 2.24) is 15.0 Å². The Morgan fingerprint density at radius 1 is 1.50 bits per heavy atom. The third-order valence-corrected chi connectivity index (χ3v) is 2.36. The lowest BCUT2D eigenvalue weighted by Gasteiger charge is -2.00. The number of nitrogens with one attached hydrogen (secondary N) is 1. The van der Waals surface area contributed by atoms with Gasteiger partial charge in [-0.3, -0.25) is 4.79 Å². The fourth-order valence-electron chi connectivity index (χ4n) is 1.49. The monoisotopic (exact) mass is 248 g/mol. The molecule has 0 atom stereocenters. The van der Waals surface area contributed by atoms with Crippen molar-refractivity contribution >= 4 is 11.7 Å². The molecule has 6 heteroatoms. The van der Waals surface area contributed by atoms with Crippen LogP contribution in [0.5, 0.6) is 0 Å². The fourth-order valence-corrected chi connectivity index (χ4v) is 1.49. The Kier molecular flexibility index (Phi) is 3.66. The molecule has 18 heavy (non-hydrogen) atoms. The molecule has 0 spiro atoms. The van der Waals surface area contributed by atoms with Crippen LogP contribution >= 0.6 is 0 Å². The van der Waals surface area contributed by atoms with Gasteiger partial charge in [-0.1, -0.05) is 24.3 Å². The van der Waals surface area contributed by atoms with E-state index in [0.717, 1.165) is 5.56 Å². The minimum absolute atomic E-state index is 0.118. The summed E-state index contributed by atoms with van der Waals surface area (Å²) < 4.78 is 14.5. The van der Waals surface area contributed by atoms with Crippen molar-refractivity contribution in [3.63, 3.8) is 0 Å². The second kappa shape index (κ2) is 5.39. The number of rotatable bonds is 4. The van der Waals surface area contributed by atoms with Crippen LogP contribution in [0.4, 0.5) is 10.2 Å². The van der Waals surface area contributed by atoms with Gasteiger partial charge >= 0.3 is 0 Å². The normalized spacial score (nSPS) is 10.3. The number of halogens is 1. The molecule has 5 nitrogen and oxygen atoms in total. The number of carbonyl (C=O) groups is 1. The molecule has 1 aromatic carbocycles. The van der Waals surface area contributed by atoms with Gasteiger partial charge in [0.1, 0.15) is 5.82 Å². The third kappa shape index (κ3) is 3.13. The molecule has 1 N–H and O–H groups in total. The van der Waals surface area contributed by atoms with Gasteiger partial charge in [-0.15, -0.1) is 5.10 Å². The highest BCUT2D eigenvalue weighted by Gasteiger charge is 2.04. The van der Waals surface area contributed by atoms with E-state index in [1.165, 1.54) is 12.1 Å². The Balaban J connectivity index is 2.04. The Morgan fingerprint density at radius 2 is 2.33 bits per heavy atom. The number of hydrogen-bond acceptors (Lipinski definition) is 3. The molecule has 0 saturated heterocycles. The quantitative estimate of drug-likeness (QED) is 0.897. The average Bonchev–Trinajstić information content (AvgIpc) is 2.76. The number of aromatic nitrogens is 3. The lowest BCUT2D eigenvalue weighted by atomic mass is 10.2. The number of benzene rings is 1. The van der Waals surface area contributed by atoms with Crippen molar-refractivity contribution in [2.45, 2.75) is 19.9 Å². The second-order valence-electron chi connectivity index (χ2n) is 3.83. The van der Waals surface area contributed by atoms with E-state index >= 15 is 0 Å². The van der Waals surface area contributed by atoms with E-state index in [1.54, 1.807) is 29.9 Å². The van der Waals surface area contributed by atoms with E-state index in [0.29, 0.717) is 18.8 Å². The van der Waals surface area contributed by atoms with E-state index in [9.17, 15) is 9.18 Å². The molecule has 2 aromatic rings. The van der Waals surface area contributed by atoms with Crippen molar-refractivity contribution < 1.29 is 9.18 Å². The van der Waals surface area contributed by atoms with E-state index in [2.05, 4.69) is 15.6 Å². The SMILES string of the molecule is CCC(=O)Nc1cn(Cc2cccc(F)c2)nn1. The maximum absolute atomic E-state index is 13.0. The first-order valence-corrected chi connectivity index (χ1v) is 5.62. The molecule has 1 aromatic heterocycles. The zero-order chi connectivity index (χ0) is 13.0. The largest absolute Gasteiger partial charge is 0.308 e. The third-order valence-electron chi connectivity index (χ3n) is 2.36. The highest BCUT2D eigenvalue weighted by atomic mass is 19.1. The van der Waals surface area contributed by atoms with Gasteiger partial charge < -0.3 is 5.32 Å². The van der Waals surface area contributed by atoms with E-state index < -0.39 is 0 Å². The predicted molar refractivity (Wildman–Crippen MR) is 64.4 cm³/mol. The van der Waals surface area contributed by atoms with E-state index in [-0.39, 0.29) is 11.7 Å². The molecule has 2 rings (SSSR count). The summed E-state index contributed by atoms with van der Waals surface area (Å²) in [6, 6.07) is 6.26. The molecule has 0 bridgehead atoms. The molecular weight excluding hydrogens is 235 g/mol. The Labute approximate surface area is 104 Å². The lowest BCUT2D eigenvalue weighted by molar-refractivity contribution is -0.115. The van der Waals surface area contributed by atoms with Crippen molar-refractivity contribution in [2.24, 2.45) is 0 Å². The summed E-state index contributed by atoms with van der Waals surface area (Å²) in [5.41, 5.74) is 0.785. The Hall–Kier alpha value is -2.24. The van der Waals surface area contributed by atoms with Gasteiger partial charge in [0.15, 0.2) is 5.82 Å². The van der Waals surface area contributed by atoms with Crippen molar-refractivity contribution in [2.75, 3.05) is 5.32 Å². The number of hydrogen-bond donors (Lipinski definition) is 1. The van der Waals surface area contributed by atoms with Crippen LogP contribution in [0.2, 0.25) is 0 Å². The van der Waals surface area contributed by atoms with E-state index in [4.69, 9.17) is 0 Å². The van der Waals surface area contributed by atoms with Gasteiger partial charge in [0.05, 0.1) is 12.7 Å². The van der Waals surface area contributed by atoms with Crippen molar-refractivity contribution in [1.29, 1.82) is 0 Å². The molecular formula is C12H13FN4O. The van der Waals surface area contributed by atoms with Crippen LogP contribution in [0.3, 0.4) is 0 Å². The Morgan fingerprint density at radius 3 is 3.06 bits per heavy atom. The molecule has 0 aliphatic heterocycles. The molecule has 0 aliphatic rings. The van der Waals surface area contributed by atoms with Crippen LogP contribution in [0.15, 0.2) is 30.5 Å². The average molecular weight is 248 g/mol. The Bertz CT molecular complexity index is 553. The zero-order valence-electron chi connectivity index (χ0n) is 9.93. The van der Waals surface area contributed by atoms with Crippen LogP contribution in [0.1, 0.15) is 18.9 Å². The van der Waals surface area contributed by atoms with Gasteiger partial charge in [-0.05, 0) is 17.7 Å². The summed E-state index contributed by atoms with van der Waals surface area (Å²) in [6.45, 7) is 2.17. The zero-order valence-corrected chi connectivity index (χ0v) is 9.93. The van der Waals surface area contributed by atoms with Gasteiger partial charge in [-0.25, -0.2) is 9.07 Å². The lowest BCUT2D eigenvalue weighted by Crippen LogP contribution is -2.09. The highest BCUT2D eigenvalue weighted by molar-refractivity contribution is 5.89. The van der Waals surface area contributed by atoms with Crippen LogP contribution in [0.25, 0.3) is 0 Å². The summed E-state index contributed by atoms with van der Waals surface area (Å²) in [7, 11) is 0. The van der Waals surface area contributed by atoms with Gasteiger partial charge in [0, 0.05) is 6.42 Å². The molecule has 0 aliphatic carbocycles. The second-order valence-corrected chi connectivity index (χ2v) is 3.83. The maximum Gasteiger partial charge on any atom is 0.225 e. The van der Waals surface area contributed by atoms with Crippen LogP contribution in [-0.2, 0) is 11.3 Å². The summed E-state index contributed by atoms with van der Waals surface area (Å²) in [5, 5.41) is 10.3. The summed E-state index contributed by atoms with van der Waals surface area (Å²) in [6.07, 6.45) is 2.00. The number of carbonyl (C=O) groups excluding carboxylic acids is 1. The number of amides is 1. The number of nitrogens with zero attached hydrogens (tertiary/aromatic N) is 3. The molecule has 0 unspecified atom stereocenters. The van der Waals surface area contributed by atoms with Crippen molar-refractivity contribution in [3.8, 4) is 0 Å². The first kappa shape index (κ1) is 12.2. The van der Waals surface area contributed by atoms with Gasteiger partial charge in [-0.2, -0.15) is 0 Å². The fraction of sp³-hybridized carbons (Fsp3) is 0.250. The summed E-state index contributed by atoms with van der Waals surface area (Å²) >= 11 is 0. The van der Waals surface area contributed by atoms with Gasteiger partial charge in [0.2, 0.25) is 5.91 Å². The highest BCUT2D eigenvalue weighted by Crippen LogP contribution is 2.07. The smallest absolute Gasteiger partial charge is 0.225 e. The first-order chi connectivity index (χ1) is 8.67. The molecule has 1 amide bonds. The predicted octanol–water partition coefficient (Wildman–Crippen LogP) is 1.81. The molecule has 0 radical (unpaired) electrons. The van der Waals surface area contributed by atoms with Crippen LogP contribution in [-0.4, -0.2) is 20.9 Å². The summed E-state index contributed by atoms with van der Waals surface area (Å²) in [4.78, 5) is 11.2. The molecule has 1 heterocycles. The maximum atomic E-state index is 13.0.